The summed E-state index contributed by atoms with van der Waals surface area (Å²) in [4.78, 5) is 21.4. The third-order valence-corrected chi connectivity index (χ3v) is 5.16. The molecule has 1 aromatic heterocycles. The van der Waals surface area contributed by atoms with Crippen molar-refractivity contribution in [3.05, 3.63) is 89.9 Å². The predicted octanol–water partition coefficient (Wildman–Crippen LogP) is 5.60. The maximum absolute atomic E-state index is 13.4. The molecule has 0 spiro atoms. The first-order valence-electron chi connectivity index (χ1n) is 10.5. The van der Waals surface area contributed by atoms with Gasteiger partial charge < -0.3 is 20.1 Å². The van der Waals surface area contributed by atoms with E-state index in [1.165, 1.54) is 18.2 Å². The van der Waals surface area contributed by atoms with E-state index in [4.69, 9.17) is 9.47 Å². The average molecular weight is 458 g/mol. The summed E-state index contributed by atoms with van der Waals surface area (Å²) in [6.07, 6.45) is 1.66. The fourth-order valence-corrected chi connectivity index (χ4v) is 3.36. The van der Waals surface area contributed by atoms with Gasteiger partial charge in [0.2, 0.25) is 5.95 Å². The molecule has 0 aliphatic rings. The Morgan fingerprint density at radius 2 is 1.76 bits per heavy atom. The lowest BCUT2D eigenvalue weighted by molar-refractivity contribution is 0.102. The zero-order valence-corrected chi connectivity index (χ0v) is 18.9. The summed E-state index contributed by atoms with van der Waals surface area (Å²) in [6.45, 7) is 1.93. The van der Waals surface area contributed by atoms with Gasteiger partial charge in [-0.05, 0) is 67.1 Å². The number of halogens is 1. The third kappa shape index (κ3) is 5.12. The Hall–Kier alpha value is -4.46. The highest BCUT2D eigenvalue weighted by Crippen LogP contribution is 2.32. The molecule has 0 bridgehead atoms. The highest BCUT2D eigenvalue weighted by atomic mass is 19.1. The van der Waals surface area contributed by atoms with E-state index in [1.807, 2.05) is 31.2 Å². The van der Waals surface area contributed by atoms with Crippen molar-refractivity contribution in [1.82, 2.24) is 9.97 Å². The Labute approximate surface area is 196 Å². The van der Waals surface area contributed by atoms with Gasteiger partial charge in [-0.1, -0.05) is 12.1 Å². The molecule has 4 aromatic rings. The number of aromatic nitrogens is 2. The molecule has 0 radical (unpaired) electrons. The molecule has 0 fully saturated rings. The molecule has 0 aliphatic heterocycles. The van der Waals surface area contributed by atoms with E-state index in [9.17, 15) is 9.18 Å². The van der Waals surface area contributed by atoms with Crippen molar-refractivity contribution in [2.45, 2.75) is 6.92 Å². The second-order valence-corrected chi connectivity index (χ2v) is 7.45. The minimum Gasteiger partial charge on any atom is -0.493 e. The van der Waals surface area contributed by atoms with Crippen LogP contribution in [0.1, 0.15) is 15.9 Å². The van der Waals surface area contributed by atoms with Crippen molar-refractivity contribution in [3.8, 4) is 22.8 Å². The smallest absolute Gasteiger partial charge is 0.255 e. The van der Waals surface area contributed by atoms with Gasteiger partial charge in [-0.25, -0.2) is 14.4 Å². The average Bonchev–Trinajstić information content (AvgIpc) is 2.85. The quantitative estimate of drug-likeness (QED) is 0.375. The Bertz CT molecular complexity index is 1340. The van der Waals surface area contributed by atoms with Gasteiger partial charge in [-0.3, -0.25) is 4.79 Å². The lowest BCUT2D eigenvalue weighted by atomic mass is 10.1. The van der Waals surface area contributed by atoms with Gasteiger partial charge in [0.05, 0.1) is 19.9 Å². The van der Waals surface area contributed by atoms with Gasteiger partial charge in [0.15, 0.2) is 11.5 Å². The monoisotopic (exact) mass is 458 g/mol. The SMILES string of the molecule is COc1ccc(-c2ccnc(Nc3cc(NC(=O)c4cccc(F)c4)ccc3C)n2)cc1OC. The molecule has 0 saturated heterocycles. The molecule has 0 unspecified atom stereocenters. The number of hydrogen-bond donors (Lipinski definition) is 2. The van der Waals surface area contributed by atoms with Gasteiger partial charge in [0.1, 0.15) is 5.82 Å². The fourth-order valence-electron chi connectivity index (χ4n) is 3.36. The fraction of sp³-hybridized carbons (Fsp3) is 0.115. The molecule has 0 saturated carbocycles. The highest BCUT2D eigenvalue weighted by molar-refractivity contribution is 6.04. The summed E-state index contributed by atoms with van der Waals surface area (Å²) in [6, 6.07) is 18.3. The minimum absolute atomic E-state index is 0.237. The first kappa shape index (κ1) is 22.7. The van der Waals surface area contributed by atoms with Crippen molar-refractivity contribution in [2.24, 2.45) is 0 Å². The zero-order chi connectivity index (χ0) is 24.1. The van der Waals surface area contributed by atoms with Crippen molar-refractivity contribution >= 4 is 23.2 Å². The van der Waals surface area contributed by atoms with Crippen LogP contribution in [0.2, 0.25) is 0 Å². The summed E-state index contributed by atoms with van der Waals surface area (Å²) in [5, 5.41) is 5.99. The molecule has 34 heavy (non-hydrogen) atoms. The molecule has 2 N–H and O–H groups in total. The Balaban J connectivity index is 1.56. The molecule has 3 aromatic carbocycles. The van der Waals surface area contributed by atoms with E-state index in [-0.39, 0.29) is 5.56 Å². The number of nitrogens with zero attached hydrogens (tertiary/aromatic N) is 2. The molecular weight excluding hydrogens is 435 g/mol. The minimum atomic E-state index is -0.467. The van der Waals surface area contributed by atoms with Crippen LogP contribution in [0.5, 0.6) is 11.5 Å². The standard InChI is InChI=1S/C26H23FN4O3/c1-16-7-9-20(29-25(32)18-5-4-6-19(27)13-18)15-22(16)31-26-28-12-11-21(30-26)17-8-10-23(33-2)24(14-17)34-3/h4-15H,1-3H3,(H,29,32)(H,28,30,31). The first-order chi connectivity index (χ1) is 16.5. The van der Waals surface area contributed by atoms with Crippen LogP contribution in [-0.4, -0.2) is 30.1 Å². The molecule has 0 atom stereocenters. The van der Waals surface area contributed by atoms with Gasteiger partial charge in [0, 0.05) is 28.7 Å². The van der Waals surface area contributed by atoms with E-state index in [1.54, 1.807) is 44.7 Å². The number of aryl methyl sites for hydroxylation is 1. The number of hydrogen-bond acceptors (Lipinski definition) is 6. The molecule has 4 rings (SSSR count). The number of nitrogens with one attached hydrogen (secondary N) is 2. The summed E-state index contributed by atoms with van der Waals surface area (Å²) in [7, 11) is 3.17. The van der Waals surface area contributed by atoms with Crippen molar-refractivity contribution in [1.29, 1.82) is 0 Å². The molecule has 8 heteroatoms. The third-order valence-electron chi connectivity index (χ3n) is 5.16. The summed E-state index contributed by atoms with van der Waals surface area (Å²) >= 11 is 0. The van der Waals surface area contributed by atoms with Crippen molar-refractivity contribution < 1.29 is 18.7 Å². The van der Waals surface area contributed by atoms with E-state index in [0.29, 0.717) is 28.8 Å². The number of anilines is 3. The summed E-state index contributed by atoms with van der Waals surface area (Å²) in [5.41, 5.74) is 3.99. The number of methoxy groups -OCH3 is 2. The van der Waals surface area contributed by atoms with E-state index >= 15 is 0 Å². The van der Waals surface area contributed by atoms with E-state index in [0.717, 1.165) is 16.8 Å². The van der Waals surface area contributed by atoms with Gasteiger partial charge in [0.25, 0.3) is 5.91 Å². The lowest BCUT2D eigenvalue weighted by Gasteiger charge is -2.13. The molecule has 0 aliphatic carbocycles. The van der Waals surface area contributed by atoms with Crippen LogP contribution in [-0.2, 0) is 0 Å². The van der Waals surface area contributed by atoms with Crippen LogP contribution in [0.25, 0.3) is 11.3 Å². The normalized spacial score (nSPS) is 10.5. The number of ether oxygens (including phenoxy) is 2. The molecule has 1 amide bonds. The summed E-state index contributed by atoms with van der Waals surface area (Å²) < 4.78 is 24.1. The van der Waals surface area contributed by atoms with Crippen molar-refractivity contribution in [3.63, 3.8) is 0 Å². The van der Waals surface area contributed by atoms with Crippen LogP contribution >= 0.6 is 0 Å². The molecular formula is C26H23FN4O3. The number of amides is 1. The van der Waals surface area contributed by atoms with Gasteiger partial charge >= 0.3 is 0 Å². The van der Waals surface area contributed by atoms with Crippen LogP contribution in [0.15, 0.2) is 72.9 Å². The lowest BCUT2D eigenvalue weighted by Crippen LogP contribution is -2.12. The Kier molecular flexibility index (Phi) is 6.68. The summed E-state index contributed by atoms with van der Waals surface area (Å²) in [5.74, 6) is 0.757. The van der Waals surface area contributed by atoms with E-state index in [2.05, 4.69) is 20.6 Å². The Morgan fingerprint density at radius 1 is 0.941 bits per heavy atom. The van der Waals surface area contributed by atoms with Crippen LogP contribution in [0.3, 0.4) is 0 Å². The molecule has 172 valence electrons. The van der Waals surface area contributed by atoms with Gasteiger partial charge in [-0.2, -0.15) is 0 Å². The maximum atomic E-state index is 13.4. The highest BCUT2D eigenvalue weighted by Gasteiger charge is 2.11. The Morgan fingerprint density at radius 3 is 2.53 bits per heavy atom. The first-order valence-corrected chi connectivity index (χ1v) is 10.5. The van der Waals surface area contributed by atoms with E-state index < -0.39 is 11.7 Å². The molecule has 7 nitrogen and oxygen atoms in total. The number of carbonyl (C=O) groups is 1. The zero-order valence-electron chi connectivity index (χ0n) is 18.9. The largest absolute Gasteiger partial charge is 0.493 e. The second-order valence-electron chi connectivity index (χ2n) is 7.45. The van der Waals surface area contributed by atoms with Crippen LogP contribution in [0.4, 0.5) is 21.7 Å². The predicted molar refractivity (Wildman–Crippen MR) is 129 cm³/mol. The number of benzene rings is 3. The van der Waals surface area contributed by atoms with Crippen LogP contribution < -0.4 is 20.1 Å². The van der Waals surface area contributed by atoms with Crippen molar-refractivity contribution in [2.75, 3.05) is 24.9 Å². The maximum Gasteiger partial charge on any atom is 0.255 e. The second kappa shape index (κ2) is 9.99. The topological polar surface area (TPSA) is 85.4 Å². The molecule has 1 heterocycles. The number of rotatable bonds is 7. The number of carbonyl (C=O) groups excluding carboxylic acids is 1. The van der Waals surface area contributed by atoms with Gasteiger partial charge in [-0.15, -0.1) is 0 Å². The van der Waals surface area contributed by atoms with Crippen LogP contribution in [0, 0.1) is 12.7 Å².